The Balaban J connectivity index is 2.10. The molecule has 1 aromatic heterocycles. The summed E-state index contributed by atoms with van der Waals surface area (Å²) >= 11 is 0. The standard InChI is InChI=1S/C22H28N4O/c1-14(2)6-7-16-4-3-5-20(27)21(16)19-12-17(15-8-10-25-11-9-15)18(13-23)22(24)26-19/h3-5,12,14-15,25,27H,6-11H2,1-2H3,(H2,24,26). The van der Waals surface area contributed by atoms with Gasteiger partial charge in [-0.3, -0.25) is 0 Å². The number of nitrogen functional groups attached to an aromatic ring is 1. The number of piperidine rings is 1. The van der Waals surface area contributed by atoms with Crippen LogP contribution in [0.15, 0.2) is 24.3 Å². The number of aryl methyl sites for hydroxylation is 1. The molecule has 1 aromatic carbocycles. The first-order chi connectivity index (χ1) is 13.0. The number of hydrogen-bond acceptors (Lipinski definition) is 5. The van der Waals surface area contributed by atoms with Crippen molar-refractivity contribution in [2.45, 2.75) is 45.4 Å². The van der Waals surface area contributed by atoms with Crippen LogP contribution < -0.4 is 11.1 Å². The number of hydrogen-bond donors (Lipinski definition) is 3. The molecule has 0 aliphatic carbocycles. The van der Waals surface area contributed by atoms with Crippen molar-refractivity contribution < 1.29 is 5.11 Å². The van der Waals surface area contributed by atoms with Gasteiger partial charge in [0.25, 0.3) is 0 Å². The fourth-order valence-electron chi connectivity index (χ4n) is 3.82. The van der Waals surface area contributed by atoms with Crippen molar-refractivity contribution in [3.8, 4) is 23.1 Å². The van der Waals surface area contributed by atoms with E-state index in [-0.39, 0.29) is 17.5 Å². The van der Waals surface area contributed by atoms with Gasteiger partial charge in [0.15, 0.2) is 0 Å². The molecule has 0 unspecified atom stereocenters. The van der Waals surface area contributed by atoms with Crippen LogP contribution in [0, 0.1) is 17.2 Å². The van der Waals surface area contributed by atoms with Gasteiger partial charge in [0, 0.05) is 5.56 Å². The highest BCUT2D eigenvalue weighted by atomic mass is 16.3. The Bertz CT molecular complexity index is 848. The monoisotopic (exact) mass is 364 g/mol. The van der Waals surface area contributed by atoms with E-state index in [9.17, 15) is 10.4 Å². The van der Waals surface area contributed by atoms with Crippen LogP contribution in [0.3, 0.4) is 0 Å². The lowest BCUT2D eigenvalue weighted by atomic mass is 9.86. The maximum Gasteiger partial charge on any atom is 0.142 e. The fourth-order valence-corrected chi connectivity index (χ4v) is 3.82. The highest BCUT2D eigenvalue weighted by Crippen LogP contribution is 2.37. The van der Waals surface area contributed by atoms with Crippen molar-refractivity contribution in [3.63, 3.8) is 0 Å². The zero-order valence-corrected chi connectivity index (χ0v) is 16.1. The zero-order valence-electron chi connectivity index (χ0n) is 16.1. The molecule has 1 aliphatic heterocycles. The lowest BCUT2D eigenvalue weighted by molar-refractivity contribution is 0.459. The van der Waals surface area contributed by atoms with Gasteiger partial charge in [0.2, 0.25) is 0 Å². The maximum absolute atomic E-state index is 10.6. The predicted molar refractivity (Wildman–Crippen MR) is 108 cm³/mol. The van der Waals surface area contributed by atoms with E-state index < -0.39 is 0 Å². The minimum absolute atomic E-state index is 0.212. The summed E-state index contributed by atoms with van der Waals surface area (Å²) in [7, 11) is 0. The Hall–Kier alpha value is -2.58. The second-order valence-electron chi connectivity index (χ2n) is 7.74. The molecule has 1 saturated heterocycles. The fraction of sp³-hybridized carbons (Fsp3) is 0.455. The maximum atomic E-state index is 10.6. The summed E-state index contributed by atoms with van der Waals surface area (Å²) in [5.74, 6) is 1.32. The molecule has 5 nitrogen and oxygen atoms in total. The molecular weight excluding hydrogens is 336 g/mol. The molecule has 2 heterocycles. The van der Waals surface area contributed by atoms with E-state index >= 15 is 0 Å². The van der Waals surface area contributed by atoms with E-state index in [0.29, 0.717) is 17.2 Å². The van der Waals surface area contributed by atoms with E-state index in [2.05, 4.69) is 30.2 Å². The number of phenolic OH excluding ortho intramolecular Hbond substituents is 1. The number of nitriles is 1. The third-order valence-corrected chi connectivity index (χ3v) is 5.34. The van der Waals surface area contributed by atoms with Crippen molar-refractivity contribution in [3.05, 3.63) is 41.0 Å². The highest BCUT2D eigenvalue weighted by Gasteiger charge is 2.23. The average Bonchev–Trinajstić information content (AvgIpc) is 2.66. The van der Waals surface area contributed by atoms with Gasteiger partial charge in [-0.1, -0.05) is 26.0 Å². The van der Waals surface area contributed by atoms with Crippen LogP contribution in [0.25, 0.3) is 11.3 Å². The lowest BCUT2D eigenvalue weighted by Gasteiger charge is -2.25. The molecule has 4 N–H and O–H groups in total. The molecule has 5 heteroatoms. The number of aromatic nitrogens is 1. The second-order valence-corrected chi connectivity index (χ2v) is 7.74. The number of benzene rings is 1. The van der Waals surface area contributed by atoms with Crippen LogP contribution in [0.4, 0.5) is 5.82 Å². The molecule has 1 aliphatic rings. The number of aromatic hydroxyl groups is 1. The Morgan fingerprint density at radius 1 is 1.33 bits per heavy atom. The van der Waals surface area contributed by atoms with Gasteiger partial charge in [0.1, 0.15) is 17.6 Å². The summed E-state index contributed by atoms with van der Waals surface area (Å²) in [6, 6.07) is 9.81. The van der Waals surface area contributed by atoms with E-state index in [1.54, 1.807) is 6.07 Å². The molecule has 0 bridgehead atoms. The summed E-state index contributed by atoms with van der Waals surface area (Å²) < 4.78 is 0. The van der Waals surface area contributed by atoms with Gasteiger partial charge in [-0.2, -0.15) is 5.26 Å². The van der Waals surface area contributed by atoms with Gasteiger partial charge in [-0.25, -0.2) is 4.98 Å². The summed E-state index contributed by atoms with van der Waals surface area (Å²) in [6.45, 7) is 6.25. The lowest BCUT2D eigenvalue weighted by Crippen LogP contribution is -2.27. The quantitative estimate of drug-likeness (QED) is 0.746. The summed E-state index contributed by atoms with van der Waals surface area (Å²) in [5.41, 5.74) is 10.1. The van der Waals surface area contributed by atoms with Crippen LogP contribution in [0.1, 0.15) is 55.7 Å². The van der Waals surface area contributed by atoms with Gasteiger partial charge in [-0.05, 0) is 73.9 Å². The van der Waals surface area contributed by atoms with E-state index in [4.69, 9.17) is 5.73 Å². The van der Waals surface area contributed by atoms with Crippen LogP contribution in [0.2, 0.25) is 0 Å². The van der Waals surface area contributed by atoms with Crippen LogP contribution in [-0.2, 0) is 6.42 Å². The Morgan fingerprint density at radius 2 is 2.07 bits per heavy atom. The minimum atomic E-state index is 0.212. The van der Waals surface area contributed by atoms with Gasteiger partial charge in [0.05, 0.1) is 11.3 Å². The molecule has 2 aromatic rings. The number of rotatable bonds is 5. The van der Waals surface area contributed by atoms with Crippen LogP contribution in [0.5, 0.6) is 5.75 Å². The van der Waals surface area contributed by atoms with E-state index in [1.165, 1.54) is 0 Å². The topological polar surface area (TPSA) is 95.0 Å². The average molecular weight is 364 g/mol. The molecule has 0 spiro atoms. The third kappa shape index (κ3) is 4.23. The first kappa shape index (κ1) is 19.2. The Morgan fingerprint density at radius 3 is 2.74 bits per heavy atom. The van der Waals surface area contributed by atoms with Gasteiger partial charge in [-0.15, -0.1) is 0 Å². The van der Waals surface area contributed by atoms with Crippen molar-refractivity contribution in [1.82, 2.24) is 10.3 Å². The molecule has 142 valence electrons. The molecule has 1 fully saturated rings. The molecule has 0 amide bonds. The first-order valence-electron chi connectivity index (χ1n) is 9.73. The third-order valence-electron chi connectivity index (χ3n) is 5.34. The van der Waals surface area contributed by atoms with E-state index in [1.807, 2.05) is 18.2 Å². The number of pyridine rings is 1. The molecule has 0 atom stereocenters. The first-order valence-corrected chi connectivity index (χ1v) is 9.73. The predicted octanol–water partition coefficient (Wildman–Crippen LogP) is 3.96. The number of nitrogens with two attached hydrogens (primary N) is 1. The number of phenols is 1. The van der Waals surface area contributed by atoms with Crippen LogP contribution in [-0.4, -0.2) is 23.2 Å². The Kier molecular flexibility index (Phi) is 5.98. The minimum Gasteiger partial charge on any atom is -0.507 e. The SMILES string of the molecule is CC(C)CCc1cccc(O)c1-c1cc(C2CCNCC2)c(C#N)c(N)n1. The summed E-state index contributed by atoms with van der Waals surface area (Å²) in [5, 5.41) is 23.5. The smallest absolute Gasteiger partial charge is 0.142 e. The highest BCUT2D eigenvalue weighted by molar-refractivity contribution is 5.74. The summed E-state index contributed by atoms with van der Waals surface area (Å²) in [4.78, 5) is 4.50. The molecule has 0 saturated carbocycles. The van der Waals surface area contributed by atoms with Gasteiger partial charge < -0.3 is 16.2 Å². The van der Waals surface area contributed by atoms with Crippen molar-refractivity contribution in [2.75, 3.05) is 18.8 Å². The number of nitrogens with one attached hydrogen (secondary N) is 1. The van der Waals surface area contributed by atoms with E-state index in [0.717, 1.165) is 55.5 Å². The van der Waals surface area contributed by atoms with Crippen LogP contribution >= 0.6 is 0 Å². The second kappa shape index (κ2) is 8.41. The molecular formula is C22H28N4O. The van der Waals surface area contributed by atoms with Gasteiger partial charge >= 0.3 is 0 Å². The van der Waals surface area contributed by atoms with Crippen molar-refractivity contribution in [1.29, 1.82) is 5.26 Å². The number of nitrogens with zero attached hydrogens (tertiary/aromatic N) is 2. The molecule has 3 rings (SSSR count). The normalized spacial score (nSPS) is 15.0. The summed E-state index contributed by atoms with van der Waals surface area (Å²) in [6.07, 6.45) is 3.84. The molecule has 27 heavy (non-hydrogen) atoms. The Labute approximate surface area is 161 Å². The van der Waals surface area contributed by atoms with Crippen molar-refractivity contribution in [2.24, 2.45) is 5.92 Å². The zero-order chi connectivity index (χ0) is 19.4. The molecule has 0 radical (unpaired) electrons. The largest absolute Gasteiger partial charge is 0.507 e. The van der Waals surface area contributed by atoms with Crippen molar-refractivity contribution >= 4 is 5.82 Å². The number of anilines is 1.